The van der Waals surface area contributed by atoms with Crippen molar-refractivity contribution in [2.75, 3.05) is 14.2 Å². The molecule has 2 aromatic carbocycles. The molecular weight excluding hydrogens is 464 g/mol. The van der Waals surface area contributed by atoms with E-state index in [0.29, 0.717) is 40.6 Å². The lowest BCUT2D eigenvalue weighted by atomic mass is 9.98. The van der Waals surface area contributed by atoms with Crippen LogP contribution in [0.15, 0.2) is 63.0 Å². The summed E-state index contributed by atoms with van der Waals surface area (Å²) >= 11 is 6.04. The van der Waals surface area contributed by atoms with Gasteiger partial charge in [-0.25, -0.2) is 0 Å². The summed E-state index contributed by atoms with van der Waals surface area (Å²) in [6.45, 7) is 4.21. The fourth-order valence-electron chi connectivity index (χ4n) is 4.30. The Hall–Kier alpha value is -3.84. The molecule has 0 aliphatic heterocycles. The van der Waals surface area contributed by atoms with E-state index in [0.717, 1.165) is 33.3 Å². The van der Waals surface area contributed by atoms with Crippen LogP contribution >= 0.6 is 11.6 Å². The van der Waals surface area contributed by atoms with Crippen LogP contribution < -0.4 is 16.0 Å². The SMILES string of the molecule is CN=CC(=CN)c1cc2cc(-c3c(C)noc3C)c(OC)cc2n(CCc2ccc(Cl)cc2)c1=O. The minimum absolute atomic E-state index is 0.157. The standard InChI is InChI=1S/C27H27ClN4O3/c1-16-26(17(2)35-31-16)23-12-19-11-22(20(14-29)15-30-3)27(33)32(24(19)13-25(23)34-4)10-9-18-5-7-21(28)8-6-18/h5-8,11-15H,9-10,29H2,1-4H3. The summed E-state index contributed by atoms with van der Waals surface area (Å²) in [7, 11) is 3.25. The summed E-state index contributed by atoms with van der Waals surface area (Å²) in [5, 5.41) is 5.62. The van der Waals surface area contributed by atoms with E-state index in [1.165, 1.54) is 6.20 Å². The Bertz CT molecular complexity index is 1480. The highest BCUT2D eigenvalue weighted by atomic mass is 35.5. The summed E-state index contributed by atoms with van der Waals surface area (Å²) in [5.74, 6) is 1.32. The number of aliphatic imine (C=N–C) groups is 1. The van der Waals surface area contributed by atoms with Gasteiger partial charge in [0.2, 0.25) is 0 Å². The fourth-order valence-corrected chi connectivity index (χ4v) is 4.43. The normalized spacial score (nSPS) is 12.1. The predicted octanol–water partition coefficient (Wildman–Crippen LogP) is 5.18. The number of ether oxygens (including phenoxy) is 1. The topological polar surface area (TPSA) is 95.6 Å². The molecule has 0 unspecified atom stereocenters. The van der Waals surface area contributed by atoms with E-state index in [1.807, 2.05) is 56.3 Å². The van der Waals surface area contributed by atoms with Gasteiger partial charge in [-0.1, -0.05) is 28.9 Å². The highest BCUT2D eigenvalue weighted by molar-refractivity contribution is 6.30. The molecule has 0 saturated carbocycles. The molecule has 2 N–H and O–H groups in total. The zero-order chi connectivity index (χ0) is 25.1. The molecule has 0 fully saturated rings. The molecule has 7 nitrogen and oxygen atoms in total. The Labute approximate surface area is 208 Å². The average Bonchev–Trinajstić information content (AvgIpc) is 3.19. The number of nitrogens with two attached hydrogens (primary N) is 1. The van der Waals surface area contributed by atoms with Crippen LogP contribution in [0.3, 0.4) is 0 Å². The lowest BCUT2D eigenvalue weighted by Crippen LogP contribution is -2.25. The molecule has 8 heteroatoms. The number of benzene rings is 2. The summed E-state index contributed by atoms with van der Waals surface area (Å²) in [4.78, 5) is 17.7. The average molecular weight is 491 g/mol. The first-order chi connectivity index (χ1) is 16.9. The van der Waals surface area contributed by atoms with Gasteiger partial charge in [0.05, 0.1) is 29.4 Å². The Morgan fingerprint density at radius 1 is 1.23 bits per heavy atom. The van der Waals surface area contributed by atoms with Gasteiger partial charge in [-0.05, 0) is 55.5 Å². The number of halogens is 1. The quantitative estimate of drug-likeness (QED) is 0.360. The zero-order valence-corrected chi connectivity index (χ0v) is 20.9. The van der Waals surface area contributed by atoms with Crippen LogP contribution in [0.25, 0.3) is 27.6 Å². The van der Waals surface area contributed by atoms with E-state index in [9.17, 15) is 4.79 Å². The zero-order valence-electron chi connectivity index (χ0n) is 20.1. The summed E-state index contributed by atoms with van der Waals surface area (Å²) in [6, 6.07) is 13.4. The van der Waals surface area contributed by atoms with Crippen molar-refractivity contribution in [3.05, 3.63) is 86.6 Å². The molecule has 180 valence electrons. The number of allylic oxidation sites excluding steroid dienone is 1. The van der Waals surface area contributed by atoms with Crippen LogP contribution in [-0.4, -0.2) is 30.1 Å². The van der Waals surface area contributed by atoms with Crippen LogP contribution in [0.5, 0.6) is 5.75 Å². The van der Waals surface area contributed by atoms with Crippen molar-refractivity contribution in [2.24, 2.45) is 10.7 Å². The maximum atomic E-state index is 13.7. The number of aromatic nitrogens is 2. The molecule has 0 atom stereocenters. The van der Waals surface area contributed by atoms with Crippen molar-refractivity contribution in [3.63, 3.8) is 0 Å². The largest absolute Gasteiger partial charge is 0.496 e. The summed E-state index contributed by atoms with van der Waals surface area (Å²) in [5.41, 5.74) is 11.0. The fraction of sp³-hybridized carbons (Fsp3) is 0.222. The lowest BCUT2D eigenvalue weighted by Gasteiger charge is -2.17. The van der Waals surface area contributed by atoms with Gasteiger partial charge < -0.3 is 19.6 Å². The van der Waals surface area contributed by atoms with E-state index in [4.69, 9.17) is 26.6 Å². The van der Waals surface area contributed by atoms with E-state index >= 15 is 0 Å². The Morgan fingerprint density at radius 3 is 2.57 bits per heavy atom. The van der Waals surface area contributed by atoms with Crippen LogP contribution in [0.1, 0.15) is 22.6 Å². The molecule has 4 rings (SSSR count). The third-order valence-electron chi connectivity index (χ3n) is 6.01. The molecule has 35 heavy (non-hydrogen) atoms. The number of rotatable bonds is 7. The van der Waals surface area contributed by atoms with E-state index < -0.39 is 0 Å². The highest BCUT2D eigenvalue weighted by Crippen LogP contribution is 2.37. The minimum atomic E-state index is -0.157. The number of methoxy groups -OCH3 is 1. The number of hydrogen-bond acceptors (Lipinski definition) is 6. The van der Waals surface area contributed by atoms with Gasteiger partial charge in [0.25, 0.3) is 5.56 Å². The smallest absolute Gasteiger partial charge is 0.259 e. The van der Waals surface area contributed by atoms with Gasteiger partial charge in [0, 0.05) is 48.2 Å². The van der Waals surface area contributed by atoms with Gasteiger partial charge in [-0.2, -0.15) is 0 Å². The minimum Gasteiger partial charge on any atom is -0.496 e. The Kier molecular flexibility index (Phi) is 7.07. The summed E-state index contributed by atoms with van der Waals surface area (Å²) < 4.78 is 12.9. The van der Waals surface area contributed by atoms with E-state index in [1.54, 1.807) is 24.9 Å². The second-order valence-electron chi connectivity index (χ2n) is 8.21. The van der Waals surface area contributed by atoms with Crippen molar-refractivity contribution < 1.29 is 9.26 Å². The maximum Gasteiger partial charge on any atom is 0.259 e. The van der Waals surface area contributed by atoms with Gasteiger partial charge in [-0.15, -0.1) is 0 Å². The number of nitrogens with zero attached hydrogens (tertiary/aromatic N) is 3. The molecule has 2 heterocycles. The van der Waals surface area contributed by atoms with E-state index in [2.05, 4.69) is 10.1 Å². The number of fused-ring (bicyclic) bond motifs is 1. The highest BCUT2D eigenvalue weighted by Gasteiger charge is 2.20. The molecular formula is C27H27ClN4O3. The Balaban J connectivity index is 1.96. The molecule has 0 spiro atoms. The predicted molar refractivity (Wildman–Crippen MR) is 141 cm³/mol. The third kappa shape index (κ3) is 4.72. The number of hydrogen-bond donors (Lipinski definition) is 1. The Morgan fingerprint density at radius 2 is 1.97 bits per heavy atom. The van der Waals surface area contributed by atoms with Gasteiger partial charge in [0.1, 0.15) is 11.5 Å². The second-order valence-corrected chi connectivity index (χ2v) is 8.65. The maximum absolute atomic E-state index is 13.7. The number of pyridine rings is 1. The molecule has 0 amide bonds. The molecule has 0 aliphatic rings. The molecule has 0 aliphatic carbocycles. The van der Waals surface area contributed by atoms with Crippen LogP contribution in [0.2, 0.25) is 5.02 Å². The monoisotopic (exact) mass is 490 g/mol. The van der Waals surface area contributed by atoms with Crippen LogP contribution in [0, 0.1) is 13.8 Å². The van der Waals surface area contributed by atoms with Crippen molar-refractivity contribution in [1.29, 1.82) is 0 Å². The molecule has 2 aromatic heterocycles. The van der Waals surface area contributed by atoms with Crippen molar-refractivity contribution in [3.8, 4) is 16.9 Å². The van der Waals surface area contributed by atoms with Crippen molar-refractivity contribution in [1.82, 2.24) is 9.72 Å². The van der Waals surface area contributed by atoms with Gasteiger partial charge in [-0.3, -0.25) is 9.79 Å². The first-order valence-corrected chi connectivity index (χ1v) is 11.5. The second kappa shape index (κ2) is 10.2. The number of aryl methyl sites for hydroxylation is 4. The van der Waals surface area contributed by atoms with Crippen LogP contribution in [0.4, 0.5) is 0 Å². The summed E-state index contributed by atoms with van der Waals surface area (Å²) in [6.07, 6.45) is 3.63. The van der Waals surface area contributed by atoms with E-state index in [-0.39, 0.29) is 5.56 Å². The lowest BCUT2D eigenvalue weighted by molar-refractivity contribution is 0.393. The van der Waals surface area contributed by atoms with Gasteiger partial charge >= 0.3 is 0 Å². The molecule has 0 bridgehead atoms. The third-order valence-corrected chi connectivity index (χ3v) is 6.27. The molecule has 4 aromatic rings. The first kappa shape index (κ1) is 24.3. The van der Waals surface area contributed by atoms with Gasteiger partial charge in [0.15, 0.2) is 0 Å². The molecule has 0 saturated heterocycles. The van der Waals surface area contributed by atoms with Crippen molar-refractivity contribution in [2.45, 2.75) is 26.8 Å². The van der Waals surface area contributed by atoms with Crippen molar-refractivity contribution >= 4 is 34.3 Å². The molecule has 0 radical (unpaired) electrons. The van der Waals surface area contributed by atoms with Crippen LogP contribution in [-0.2, 0) is 13.0 Å². The first-order valence-electron chi connectivity index (χ1n) is 11.2.